The van der Waals surface area contributed by atoms with Crippen molar-refractivity contribution in [2.24, 2.45) is 35.3 Å². The molecule has 45 heteroatoms. The summed E-state index contributed by atoms with van der Waals surface area (Å²) >= 11 is 45.9. The van der Waals surface area contributed by atoms with Crippen molar-refractivity contribution in [2.45, 2.75) is 58.9 Å². The van der Waals surface area contributed by atoms with E-state index in [1.807, 2.05) is 41.5 Å². The number of amides is 8. The maximum Gasteiger partial charge on any atom is 0.490 e. The molecule has 5 fully saturated rings. The Kier molecular flexibility index (Phi) is 50.9. The molecule has 766 valence electrons. The highest BCUT2D eigenvalue weighted by Gasteiger charge is 2.39. The molecule has 5 heterocycles. The maximum absolute atomic E-state index is 12.1. The van der Waals surface area contributed by atoms with Crippen molar-refractivity contribution in [2.75, 3.05) is 151 Å². The van der Waals surface area contributed by atoms with Gasteiger partial charge in [0.2, 0.25) is 0 Å². The topological polar surface area (TPSA) is 440 Å². The number of halogens is 11. The zero-order valence-corrected chi connectivity index (χ0v) is 83.6. The largest absolute Gasteiger partial charge is 0.490 e. The number of hydrogen-bond donors (Lipinski definition) is 9. The molecule has 0 aliphatic carbocycles. The van der Waals surface area contributed by atoms with E-state index in [1.54, 1.807) is 214 Å². The third-order valence-corrected chi connectivity index (χ3v) is 21.1. The Balaban J connectivity index is 0.000000255. The van der Waals surface area contributed by atoms with E-state index in [9.17, 15) is 61.1 Å². The average Bonchev–Trinajstić information content (AvgIpc) is 0.842. The zero-order valence-electron chi connectivity index (χ0n) is 77.6. The number of nitrogens with zero attached hydrogens (tertiary/aromatic N) is 4. The fraction of sp³-hybridized carbons (Fsp3) is 0.385. The monoisotopic (exact) mass is 2120 g/mol. The van der Waals surface area contributed by atoms with E-state index in [2.05, 4.69) is 26.6 Å². The summed E-state index contributed by atoms with van der Waals surface area (Å²) in [7, 11) is 0. The van der Waals surface area contributed by atoms with Gasteiger partial charge >= 0.3 is 36.3 Å². The molecule has 8 aromatic rings. The first-order valence-electron chi connectivity index (χ1n) is 43.5. The van der Waals surface area contributed by atoms with Crippen LogP contribution >= 0.6 is 92.8 Å². The molecule has 34 nitrogen and oxygen atoms in total. The second-order valence-corrected chi connectivity index (χ2v) is 36.8. The van der Waals surface area contributed by atoms with Crippen molar-refractivity contribution >= 4 is 158 Å². The highest BCUT2D eigenvalue weighted by molar-refractivity contribution is 6.32. The third kappa shape index (κ3) is 50.8. The SMILES string of the molecule is CC(C)(C)OC(=O)N1CC(CN)C1.CC(C)(C)OC(=O)N1CC(CNC(=O)COc2ccc(Cl)cc2)C1.O=C(COc1ccc(Cl)cc1)NCC1CN(C(=O)COc2ccc(Cl)cc2)C1.O=C(COc1ccc(Cl)cc1)NCC1CN(C(=O)COc2ccc(Cl)cc2)C1.O=C(COc1ccc(Cl)cc1)NCC1CNC1.O=C(O)C(F)(F)F.O=C(O)COc1ccc(Cl)cc1.O=C(O)COc1ccc(Cl)cc1. The molecule has 0 saturated carbocycles. The molecule has 0 unspecified atom stereocenters. The number of likely N-dealkylation sites (tertiary alicyclic amines) is 4. The molecule has 8 aromatic carbocycles. The molecule has 0 atom stereocenters. The second-order valence-electron chi connectivity index (χ2n) is 33.3. The van der Waals surface area contributed by atoms with Crippen LogP contribution in [0.15, 0.2) is 194 Å². The summed E-state index contributed by atoms with van der Waals surface area (Å²) < 4.78 is 84.3. The highest BCUT2D eigenvalue weighted by Crippen LogP contribution is 2.27. The first-order chi connectivity index (χ1) is 66.7. The van der Waals surface area contributed by atoms with Crippen molar-refractivity contribution in [3.8, 4) is 46.0 Å². The summed E-state index contributed by atoms with van der Waals surface area (Å²) in [4.78, 5) is 130. The number of nitrogens with two attached hydrogens (primary N) is 1. The van der Waals surface area contributed by atoms with E-state index in [0.717, 1.165) is 32.7 Å². The number of carbonyl (C=O) groups is 11. The smallest absolute Gasteiger partial charge is 0.484 e. The Morgan fingerprint density at radius 3 is 0.674 bits per heavy atom. The second kappa shape index (κ2) is 60.9. The zero-order chi connectivity index (χ0) is 104. The minimum absolute atomic E-state index is 0.0182. The van der Waals surface area contributed by atoms with E-state index in [-0.39, 0.29) is 118 Å². The molecule has 5 aliphatic heterocycles. The van der Waals surface area contributed by atoms with Crippen LogP contribution in [0.1, 0.15) is 41.5 Å². The van der Waals surface area contributed by atoms with Gasteiger partial charge in [-0.25, -0.2) is 24.0 Å². The third-order valence-electron chi connectivity index (χ3n) is 19.1. The van der Waals surface area contributed by atoms with Crippen LogP contribution in [0.25, 0.3) is 0 Å². The Morgan fingerprint density at radius 1 is 0.312 bits per heavy atom. The summed E-state index contributed by atoms with van der Waals surface area (Å²) in [6, 6.07) is 54.1. The number of ether oxygens (including phenoxy) is 10. The van der Waals surface area contributed by atoms with Gasteiger partial charge in [-0.3, -0.25) is 28.8 Å². The minimum atomic E-state index is -5.08. The molecule has 8 amide bonds. The number of carboxylic acid groups (broad SMARTS) is 3. The Morgan fingerprint density at radius 2 is 0.496 bits per heavy atom. The van der Waals surface area contributed by atoms with Crippen LogP contribution in [0.2, 0.25) is 40.2 Å². The standard InChI is InChI=1S/2C20H20Cl2N2O4.C17H23ClN2O4.C12H15ClN2O2.C9H18N2O2.2C8H7ClO3.C2HF3O2/c2*21-15-1-5-17(6-2-15)27-12-19(25)23-9-14-10-24(11-14)20(26)13-28-18-7-3-16(22)4-8-18;1-17(2,3)24-16(22)20-9-12(10-20)8-19-15(21)11-23-14-6-4-13(18)5-7-14;13-10-1-3-11(4-2-10)17-8-12(16)15-7-9-5-14-6-9;1-9(2,3)13-8(12)11-5-7(4-10)6-11;2*9-6-1-3-7(4-2-6)12-5-8(10)11;3-2(4,5)1(6)7/h2*1-8,14H,9-13H2,(H,23,25);4-7,12H,8-11H2,1-3H3,(H,19,21);1-4,9,14H,5-8H2,(H,15,16);7H,4-6,10H2,1-3H3;2*1-4H,5H2,(H,10,11);(H,6,7). The van der Waals surface area contributed by atoms with E-state index in [1.165, 1.54) is 0 Å². The number of hydrogen-bond acceptors (Lipinski definition) is 23. The van der Waals surface area contributed by atoms with Gasteiger partial charge in [-0.2, -0.15) is 13.2 Å². The van der Waals surface area contributed by atoms with Crippen LogP contribution in [0.5, 0.6) is 46.0 Å². The minimum Gasteiger partial charge on any atom is -0.484 e. The summed E-state index contributed by atoms with van der Waals surface area (Å²) in [5, 5.41) is 43.0. The number of nitrogens with one attached hydrogen (secondary N) is 5. The number of aliphatic carboxylic acids is 3. The first kappa shape index (κ1) is 118. The van der Waals surface area contributed by atoms with Gasteiger partial charge in [-0.15, -0.1) is 0 Å². The molecular weight excluding hydrogens is 2020 g/mol. The lowest BCUT2D eigenvalue weighted by molar-refractivity contribution is -0.192. The van der Waals surface area contributed by atoms with Gasteiger partial charge < -0.3 is 115 Å². The van der Waals surface area contributed by atoms with Crippen molar-refractivity contribution in [1.82, 2.24) is 46.2 Å². The normalized spacial score (nSPS) is 13.6. The van der Waals surface area contributed by atoms with E-state index in [4.69, 9.17) is 166 Å². The van der Waals surface area contributed by atoms with Gasteiger partial charge in [0.05, 0.1) is 0 Å². The van der Waals surface area contributed by atoms with Gasteiger partial charge in [-0.05, 0) is 242 Å². The maximum atomic E-state index is 12.1. The van der Waals surface area contributed by atoms with Crippen LogP contribution in [0.3, 0.4) is 0 Å². The summed E-state index contributed by atoms with van der Waals surface area (Å²) in [6.07, 6.45) is -5.62. The Hall–Kier alpha value is -12.0. The number of rotatable bonds is 33. The van der Waals surface area contributed by atoms with E-state index in [0.29, 0.717) is 163 Å². The number of benzene rings is 8. The van der Waals surface area contributed by atoms with Crippen LogP contribution in [0, 0.1) is 29.6 Å². The summed E-state index contributed by atoms with van der Waals surface area (Å²) in [5.41, 5.74) is 4.56. The van der Waals surface area contributed by atoms with Gasteiger partial charge in [0.15, 0.2) is 52.9 Å². The van der Waals surface area contributed by atoms with E-state index < -0.39 is 35.3 Å². The molecule has 5 aliphatic rings. The molecular formula is C96H111Cl8F3N10O24. The van der Waals surface area contributed by atoms with Gasteiger partial charge in [0, 0.05) is 161 Å². The van der Waals surface area contributed by atoms with Crippen LogP contribution in [0.4, 0.5) is 22.8 Å². The summed E-state index contributed by atoms with van der Waals surface area (Å²) in [6.45, 7) is 20.2. The van der Waals surface area contributed by atoms with Crippen molar-refractivity contribution in [3.05, 3.63) is 234 Å². The van der Waals surface area contributed by atoms with Crippen LogP contribution in [-0.2, 0) is 52.6 Å². The molecule has 0 aromatic heterocycles. The molecule has 13 rings (SSSR count). The molecule has 141 heavy (non-hydrogen) atoms. The predicted molar refractivity (Wildman–Crippen MR) is 525 cm³/mol. The molecule has 5 saturated heterocycles. The lowest BCUT2D eigenvalue weighted by Crippen LogP contribution is -2.55. The molecule has 0 bridgehead atoms. The van der Waals surface area contributed by atoms with Gasteiger partial charge in [0.1, 0.15) is 57.2 Å². The Labute approximate surface area is 853 Å². The molecule has 0 radical (unpaired) electrons. The van der Waals surface area contributed by atoms with Crippen LogP contribution in [-0.4, -0.2) is 269 Å². The lowest BCUT2D eigenvalue weighted by atomic mass is 10.0. The number of carbonyl (C=O) groups excluding carboxylic acids is 8. The highest BCUT2D eigenvalue weighted by atomic mass is 35.5. The van der Waals surface area contributed by atoms with Gasteiger partial charge in [0.25, 0.3) is 35.4 Å². The molecule has 0 spiro atoms. The van der Waals surface area contributed by atoms with Crippen molar-refractivity contribution in [1.29, 1.82) is 0 Å². The number of alkyl halides is 3. The van der Waals surface area contributed by atoms with Gasteiger partial charge in [-0.1, -0.05) is 92.8 Å². The first-order valence-corrected chi connectivity index (χ1v) is 46.5. The van der Waals surface area contributed by atoms with Crippen LogP contribution < -0.4 is 70.2 Å². The summed E-state index contributed by atoms with van der Waals surface area (Å²) in [5.74, 6) is 0.759. The van der Waals surface area contributed by atoms with Crippen molar-refractivity contribution < 1.29 is 129 Å². The van der Waals surface area contributed by atoms with Crippen molar-refractivity contribution in [3.63, 3.8) is 0 Å². The quantitative estimate of drug-likeness (QED) is 0.0184. The fourth-order valence-electron chi connectivity index (χ4n) is 11.5. The predicted octanol–water partition coefficient (Wildman–Crippen LogP) is 14.9. The number of carboxylic acids is 3. The fourth-order valence-corrected chi connectivity index (χ4v) is 12.5. The van der Waals surface area contributed by atoms with E-state index >= 15 is 0 Å². The molecule has 10 N–H and O–H groups in total. The average molecular weight is 2130 g/mol. The lowest BCUT2D eigenvalue weighted by Gasteiger charge is -2.39. The Bertz CT molecular complexity index is 5020.